The lowest BCUT2D eigenvalue weighted by molar-refractivity contribution is -0.0511. The number of likely N-dealkylation sites (tertiary alicyclic amines) is 1. The molecule has 0 spiro atoms. The second-order valence-electron chi connectivity index (χ2n) is 5.02. The van der Waals surface area contributed by atoms with Gasteiger partial charge in [0, 0.05) is 13.7 Å². The van der Waals surface area contributed by atoms with Gasteiger partial charge in [-0.25, -0.2) is 0 Å². The van der Waals surface area contributed by atoms with Crippen molar-refractivity contribution in [1.29, 1.82) is 0 Å². The summed E-state index contributed by atoms with van der Waals surface area (Å²) in [6, 6.07) is 0. The number of rotatable bonds is 5. The van der Waals surface area contributed by atoms with Crippen LogP contribution in [0.2, 0.25) is 0 Å². The second-order valence-corrected chi connectivity index (χ2v) is 5.02. The first kappa shape index (κ1) is 12.9. The molecule has 90 valence electrons. The molecule has 0 saturated carbocycles. The number of hydrogen-bond donors (Lipinski definition) is 1. The first-order chi connectivity index (χ1) is 7.06. The lowest BCUT2D eigenvalue weighted by atomic mass is 9.94. The van der Waals surface area contributed by atoms with Crippen molar-refractivity contribution in [2.45, 2.75) is 51.2 Å². The van der Waals surface area contributed by atoms with Crippen LogP contribution in [0.15, 0.2) is 0 Å². The Balaban J connectivity index is 2.24. The van der Waals surface area contributed by atoms with Crippen molar-refractivity contribution in [1.82, 2.24) is 4.90 Å². The maximum absolute atomic E-state index is 9.19. The van der Waals surface area contributed by atoms with Crippen molar-refractivity contribution < 1.29 is 9.84 Å². The number of ether oxygens (including phenoxy) is 1. The van der Waals surface area contributed by atoms with Gasteiger partial charge in [0.25, 0.3) is 0 Å². The summed E-state index contributed by atoms with van der Waals surface area (Å²) in [4.78, 5) is 2.45. The summed E-state index contributed by atoms with van der Waals surface area (Å²) in [6.07, 6.45) is 4.20. The van der Waals surface area contributed by atoms with Crippen LogP contribution >= 0.6 is 0 Å². The van der Waals surface area contributed by atoms with E-state index in [1.54, 1.807) is 7.11 Å². The fourth-order valence-electron chi connectivity index (χ4n) is 2.28. The quantitative estimate of drug-likeness (QED) is 0.757. The lowest BCUT2D eigenvalue weighted by Gasteiger charge is -2.39. The summed E-state index contributed by atoms with van der Waals surface area (Å²) in [7, 11) is 1.80. The smallest absolute Gasteiger partial charge is 0.0777 e. The number of nitrogens with zero attached hydrogens (tertiary/aromatic N) is 1. The molecule has 1 saturated heterocycles. The largest absolute Gasteiger partial charge is 0.393 e. The van der Waals surface area contributed by atoms with Gasteiger partial charge in [-0.1, -0.05) is 0 Å². The van der Waals surface area contributed by atoms with E-state index in [1.807, 2.05) is 6.92 Å². The molecule has 1 heterocycles. The Labute approximate surface area is 93.4 Å². The topological polar surface area (TPSA) is 32.7 Å². The monoisotopic (exact) mass is 215 g/mol. The van der Waals surface area contributed by atoms with E-state index >= 15 is 0 Å². The van der Waals surface area contributed by atoms with Gasteiger partial charge in [-0.15, -0.1) is 0 Å². The standard InChI is InChI=1S/C12H25NO2/c1-11(14)6-4-8-13-9-5-7-12(2,10-13)15-3/h11,14H,4-10H2,1-3H3. The van der Waals surface area contributed by atoms with E-state index in [1.165, 1.54) is 13.0 Å². The number of aliphatic hydroxyl groups is 1. The van der Waals surface area contributed by atoms with E-state index in [9.17, 15) is 5.11 Å². The number of methoxy groups -OCH3 is 1. The van der Waals surface area contributed by atoms with Gasteiger partial charge in [0.15, 0.2) is 0 Å². The van der Waals surface area contributed by atoms with E-state index in [4.69, 9.17) is 4.74 Å². The van der Waals surface area contributed by atoms with Crippen LogP contribution in [0.3, 0.4) is 0 Å². The average Bonchev–Trinajstić information content (AvgIpc) is 2.17. The molecule has 0 amide bonds. The van der Waals surface area contributed by atoms with Crippen LogP contribution in [0.25, 0.3) is 0 Å². The summed E-state index contributed by atoms with van der Waals surface area (Å²) in [5.41, 5.74) is 0.0447. The molecule has 1 aliphatic rings. The molecule has 2 unspecified atom stereocenters. The molecular weight excluding hydrogens is 190 g/mol. The first-order valence-corrected chi connectivity index (χ1v) is 6.01. The third kappa shape index (κ3) is 4.49. The van der Waals surface area contributed by atoms with E-state index in [-0.39, 0.29) is 11.7 Å². The van der Waals surface area contributed by atoms with Crippen molar-refractivity contribution >= 4 is 0 Å². The zero-order valence-electron chi connectivity index (χ0n) is 10.3. The fraction of sp³-hybridized carbons (Fsp3) is 1.00. The van der Waals surface area contributed by atoms with Crippen molar-refractivity contribution in [2.24, 2.45) is 0 Å². The molecule has 1 rings (SSSR count). The SMILES string of the molecule is COC1(C)CCCN(CCCC(C)O)C1. The Morgan fingerprint density at radius 1 is 1.53 bits per heavy atom. The highest BCUT2D eigenvalue weighted by molar-refractivity contribution is 4.84. The molecule has 15 heavy (non-hydrogen) atoms. The lowest BCUT2D eigenvalue weighted by Crippen LogP contribution is -2.47. The summed E-state index contributed by atoms with van der Waals surface area (Å²) in [6.45, 7) is 7.34. The van der Waals surface area contributed by atoms with Gasteiger partial charge in [-0.3, -0.25) is 0 Å². The number of aliphatic hydroxyl groups excluding tert-OH is 1. The van der Waals surface area contributed by atoms with Crippen molar-refractivity contribution in [3.8, 4) is 0 Å². The maximum atomic E-state index is 9.19. The summed E-state index contributed by atoms with van der Waals surface area (Å²) < 4.78 is 5.55. The third-order valence-corrected chi connectivity index (χ3v) is 3.33. The normalized spacial score (nSPS) is 30.4. The minimum atomic E-state index is -0.163. The molecule has 2 atom stereocenters. The van der Waals surface area contributed by atoms with Gasteiger partial charge >= 0.3 is 0 Å². The average molecular weight is 215 g/mol. The molecular formula is C12H25NO2. The molecule has 0 aliphatic carbocycles. The van der Waals surface area contributed by atoms with E-state index in [0.29, 0.717) is 0 Å². The second kappa shape index (κ2) is 5.83. The van der Waals surface area contributed by atoms with Crippen molar-refractivity contribution in [2.75, 3.05) is 26.7 Å². The maximum Gasteiger partial charge on any atom is 0.0777 e. The zero-order valence-corrected chi connectivity index (χ0v) is 10.3. The van der Waals surface area contributed by atoms with Gasteiger partial charge in [0.1, 0.15) is 0 Å². The molecule has 0 bridgehead atoms. The highest BCUT2D eigenvalue weighted by Gasteiger charge is 2.30. The van der Waals surface area contributed by atoms with Gasteiger partial charge in [-0.05, 0) is 52.6 Å². The van der Waals surface area contributed by atoms with Crippen LogP contribution in [0.5, 0.6) is 0 Å². The Bertz CT molecular complexity index is 184. The van der Waals surface area contributed by atoms with Crippen LogP contribution in [-0.2, 0) is 4.74 Å². The molecule has 3 nitrogen and oxygen atoms in total. The zero-order chi connectivity index (χ0) is 11.3. The number of hydrogen-bond acceptors (Lipinski definition) is 3. The van der Waals surface area contributed by atoms with E-state index in [0.717, 1.165) is 32.4 Å². The Kier molecular flexibility index (Phi) is 5.03. The van der Waals surface area contributed by atoms with Crippen LogP contribution < -0.4 is 0 Å². The Morgan fingerprint density at radius 3 is 2.87 bits per heavy atom. The molecule has 1 fully saturated rings. The molecule has 0 aromatic rings. The summed E-state index contributed by atoms with van der Waals surface area (Å²) >= 11 is 0. The predicted molar refractivity (Wildman–Crippen MR) is 62.0 cm³/mol. The molecule has 1 N–H and O–H groups in total. The van der Waals surface area contributed by atoms with E-state index in [2.05, 4.69) is 11.8 Å². The van der Waals surface area contributed by atoms with Gasteiger partial charge in [0.2, 0.25) is 0 Å². The molecule has 0 aromatic heterocycles. The first-order valence-electron chi connectivity index (χ1n) is 6.01. The van der Waals surface area contributed by atoms with Crippen LogP contribution in [0, 0.1) is 0 Å². The van der Waals surface area contributed by atoms with Crippen molar-refractivity contribution in [3.63, 3.8) is 0 Å². The van der Waals surface area contributed by atoms with Crippen LogP contribution in [0.1, 0.15) is 39.5 Å². The summed E-state index contributed by atoms with van der Waals surface area (Å²) in [5, 5.41) is 9.19. The van der Waals surface area contributed by atoms with Crippen LogP contribution in [0.4, 0.5) is 0 Å². The Hall–Kier alpha value is -0.120. The van der Waals surface area contributed by atoms with Gasteiger partial charge < -0.3 is 14.7 Å². The van der Waals surface area contributed by atoms with Gasteiger partial charge in [-0.2, -0.15) is 0 Å². The third-order valence-electron chi connectivity index (χ3n) is 3.33. The highest BCUT2D eigenvalue weighted by atomic mass is 16.5. The highest BCUT2D eigenvalue weighted by Crippen LogP contribution is 2.23. The fourth-order valence-corrected chi connectivity index (χ4v) is 2.28. The van der Waals surface area contributed by atoms with E-state index < -0.39 is 0 Å². The number of piperidine rings is 1. The predicted octanol–water partition coefficient (Wildman–Crippen LogP) is 1.65. The minimum absolute atomic E-state index is 0.0447. The van der Waals surface area contributed by atoms with Gasteiger partial charge in [0.05, 0.1) is 11.7 Å². The Morgan fingerprint density at radius 2 is 2.27 bits per heavy atom. The van der Waals surface area contributed by atoms with Crippen molar-refractivity contribution in [3.05, 3.63) is 0 Å². The van der Waals surface area contributed by atoms with Crippen LogP contribution in [-0.4, -0.2) is 48.5 Å². The molecule has 1 aliphatic heterocycles. The minimum Gasteiger partial charge on any atom is -0.393 e. The molecule has 3 heteroatoms. The molecule has 0 radical (unpaired) electrons. The summed E-state index contributed by atoms with van der Waals surface area (Å²) in [5.74, 6) is 0. The molecule has 0 aromatic carbocycles.